The molecule has 2 aromatic rings. The van der Waals surface area contributed by atoms with Crippen LogP contribution in [0.4, 0.5) is 10.5 Å². The molecule has 0 radical (unpaired) electrons. The van der Waals surface area contributed by atoms with Crippen LogP contribution in [0.15, 0.2) is 36.4 Å². The van der Waals surface area contributed by atoms with Crippen molar-refractivity contribution in [2.45, 2.75) is 32.5 Å². The number of aryl methyl sites for hydroxylation is 2. The Morgan fingerprint density at radius 3 is 2.74 bits per heavy atom. The van der Waals surface area contributed by atoms with Gasteiger partial charge in [-0.3, -0.25) is 10.1 Å². The van der Waals surface area contributed by atoms with E-state index in [0.29, 0.717) is 16.3 Å². The maximum atomic E-state index is 13.2. The first-order valence-electron chi connectivity index (χ1n) is 8.72. The van der Waals surface area contributed by atoms with Gasteiger partial charge in [-0.05, 0) is 50.6 Å². The lowest BCUT2D eigenvalue weighted by Gasteiger charge is -2.49. The van der Waals surface area contributed by atoms with Gasteiger partial charge in [-0.1, -0.05) is 29.3 Å². The predicted molar refractivity (Wildman–Crippen MR) is 103 cm³/mol. The van der Waals surface area contributed by atoms with E-state index in [2.05, 4.69) is 16.0 Å². The molecule has 3 amide bonds. The van der Waals surface area contributed by atoms with Crippen LogP contribution in [0.5, 0.6) is 5.75 Å². The van der Waals surface area contributed by atoms with Crippen LogP contribution in [0.25, 0.3) is 0 Å². The third-order valence-corrected chi connectivity index (χ3v) is 5.36. The van der Waals surface area contributed by atoms with Gasteiger partial charge in [0.2, 0.25) is 5.91 Å². The minimum absolute atomic E-state index is 0.243. The zero-order valence-corrected chi connectivity index (χ0v) is 16.0. The number of carbonyl (C=O) groups excluding carboxylic acids is 2. The summed E-state index contributed by atoms with van der Waals surface area (Å²) >= 11 is 6.13. The third kappa shape index (κ3) is 3.00. The number of hydrogen-bond acceptors (Lipinski definition) is 3. The molecule has 27 heavy (non-hydrogen) atoms. The Morgan fingerprint density at radius 1 is 1.22 bits per heavy atom. The summed E-state index contributed by atoms with van der Waals surface area (Å²) in [7, 11) is 0. The molecule has 7 heteroatoms. The average molecular weight is 386 g/mol. The molecule has 2 aliphatic heterocycles. The van der Waals surface area contributed by atoms with Crippen molar-refractivity contribution in [1.82, 2.24) is 10.6 Å². The highest BCUT2D eigenvalue weighted by Crippen LogP contribution is 2.45. The van der Waals surface area contributed by atoms with Crippen LogP contribution in [0.2, 0.25) is 5.02 Å². The van der Waals surface area contributed by atoms with Crippen molar-refractivity contribution < 1.29 is 14.3 Å². The van der Waals surface area contributed by atoms with Gasteiger partial charge >= 0.3 is 6.03 Å². The molecule has 1 saturated heterocycles. The van der Waals surface area contributed by atoms with Gasteiger partial charge in [-0.2, -0.15) is 0 Å². The maximum Gasteiger partial charge on any atom is 0.318 e. The summed E-state index contributed by atoms with van der Waals surface area (Å²) in [6.07, 6.45) is 0. The highest BCUT2D eigenvalue weighted by molar-refractivity contribution is 6.30. The minimum atomic E-state index is -1.17. The Balaban J connectivity index is 1.73. The van der Waals surface area contributed by atoms with Crippen molar-refractivity contribution in [3.8, 4) is 5.75 Å². The van der Waals surface area contributed by atoms with Crippen LogP contribution in [0.1, 0.15) is 29.7 Å². The summed E-state index contributed by atoms with van der Waals surface area (Å²) < 4.78 is 6.05. The molecule has 6 nitrogen and oxygen atoms in total. The molecule has 2 aliphatic rings. The van der Waals surface area contributed by atoms with Crippen molar-refractivity contribution in [3.63, 3.8) is 0 Å². The van der Waals surface area contributed by atoms with Crippen molar-refractivity contribution in [1.29, 1.82) is 0 Å². The Kier molecular flexibility index (Phi) is 4.03. The summed E-state index contributed by atoms with van der Waals surface area (Å²) in [6, 6.07) is 10.1. The van der Waals surface area contributed by atoms with Gasteiger partial charge in [-0.25, -0.2) is 4.79 Å². The Hall–Kier alpha value is -2.73. The first kappa shape index (κ1) is 17.7. The van der Waals surface area contributed by atoms with Crippen molar-refractivity contribution in [2.75, 3.05) is 5.32 Å². The molecule has 2 heterocycles. The predicted octanol–water partition coefficient (Wildman–Crippen LogP) is 3.67. The topological polar surface area (TPSA) is 79.5 Å². The van der Waals surface area contributed by atoms with E-state index in [1.165, 1.54) is 0 Å². The Bertz CT molecular complexity index is 961. The molecule has 4 rings (SSSR count). The highest BCUT2D eigenvalue weighted by atomic mass is 35.5. The maximum absolute atomic E-state index is 13.2. The molecule has 2 aromatic carbocycles. The molecule has 3 N–H and O–H groups in total. The summed E-state index contributed by atoms with van der Waals surface area (Å²) in [5.41, 5.74) is 2.34. The number of carbonyl (C=O) groups is 2. The molecule has 3 atom stereocenters. The number of ether oxygens (including phenoxy) is 1. The summed E-state index contributed by atoms with van der Waals surface area (Å²) in [5.74, 6) is -0.329. The second-order valence-electron chi connectivity index (χ2n) is 7.25. The fourth-order valence-electron chi connectivity index (χ4n) is 3.88. The van der Waals surface area contributed by atoms with Crippen LogP contribution >= 0.6 is 11.6 Å². The number of anilines is 1. The second kappa shape index (κ2) is 6.16. The van der Waals surface area contributed by atoms with E-state index >= 15 is 0 Å². The molecule has 0 spiro atoms. The van der Waals surface area contributed by atoms with Gasteiger partial charge in [0, 0.05) is 16.3 Å². The van der Waals surface area contributed by atoms with E-state index in [4.69, 9.17) is 16.3 Å². The highest BCUT2D eigenvalue weighted by Gasteiger charge is 2.55. The number of halogens is 1. The standard InChI is InChI=1S/C20H20ClN3O3/c1-10-4-6-14(11(2)8-10)22-18(25)16-17-13-9-12(21)5-7-15(13)27-20(16,3)24-19(26)23-17/h4-9,16-17H,1-3H3,(H,22,25)(H2,23,24,26)/t16-,17-,20-/m0/s1. The first-order valence-corrected chi connectivity index (χ1v) is 9.10. The molecule has 1 fully saturated rings. The number of hydrogen-bond donors (Lipinski definition) is 3. The fraction of sp³-hybridized carbons (Fsp3) is 0.300. The number of urea groups is 1. The molecule has 140 valence electrons. The Morgan fingerprint density at radius 2 is 2.00 bits per heavy atom. The quantitative estimate of drug-likeness (QED) is 0.737. The van der Waals surface area contributed by atoms with E-state index in [-0.39, 0.29) is 11.9 Å². The summed E-state index contributed by atoms with van der Waals surface area (Å²) in [6.45, 7) is 5.65. The van der Waals surface area contributed by atoms with Gasteiger partial charge in [0.05, 0.1) is 6.04 Å². The minimum Gasteiger partial charge on any atom is -0.467 e. The fourth-order valence-corrected chi connectivity index (χ4v) is 4.06. The van der Waals surface area contributed by atoms with Crippen LogP contribution in [-0.2, 0) is 4.79 Å². The second-order valence-corrected chi connectivity index (χ2v) is 7.69. The summed E-state index contributed by atoms with van der Waals surface area (Å²) in [5, 5.41) is 9.10. The SMILES string of the molecule is Cc1ccc(NC(=O)[C@@H]2[C@H]3NC(=O)N[C@@]2(C)Oc2ccc(Cl)cc23)c(C)c1. The first-order chi connectivity index (χ1) is 12.8. The lowest BCUT2D eigenvalue weighted by Crippen LogP contribution is -2.70. The third-order valence-electron chi connectivity index (χ3n) is 5.13. The lowest BCUT2D eigenvalue weighted by atomic mass is 9.79. The average Bonchev–Trinajstić information content (AvgIpc) is 2.57. The summed E-state index contributed by atoms with van der Waals surface area (Å²) in [4.78, 5) is 25.3. The van der Waals surface area contributed by atoms with Gasteiger partial charge in [0.15, 0.2) is 5.72 Å². The van der Waals surface area contributed by atoms with Crippen molar-refractivity contribution in [2.24, 2.45) is 5.92 Å². The van der Waals surface area contributed by atoms with E-state index < -0.39 is 17.7 Å². The smallest absolute Gasteiger partial charge is 0.318 e. The van der Waals surface area contributed by atoms with Crippen LogP contribution in [0, 0.1) is 19.8 Å². The number of benzene rings is 2. The largest absolute Gasteiger partial charge is 0.467 e. The molecule has 0 aliphatic carbocycles. The van der Waals surface area contributed by atoms with Crippen LogP contribution in [-0.4, -0.2) is 17.7 Å². The molecule has 0 saturated carbocycles. The van der Waals surface area contributed by atoms with Crippen molar-refractivity contribution >= 4 is 29.2 Å². The Labute approximate surface area is 162 Å². The zero-order valence-electron chi connectivity index (χ0n) is 15.2. The molecule has 0 aromatic heterocycles. The number of fused-ring (bicyclic) bond motifs is 4. The van der Waals surface area contributed by atoms with Gasteiger partial charge in [-0.15, -0.1) is 0 Å². The normalized spacial score (nSPS) is 25.6. The number of amides is 3. The lowest BCUT2D eigenvalue weighted by molar-refractivity contribution is -0.133. The molecular weight excluding hydrogens is 366 g/mol. The molecule has 0 unspecified atom stereocenters. The van der Waals surface area contributed by atoms with Gasteiger partial charge < -0.3 is 15.4 Å². The van der Waals surface area contributed by atoms with Crippen LogP contribution < -0.4 is 20.7 Å². The van der Waals surface area contributed by atoms with Crippen LogP contribution in [0.3, 0.4) is 0 Å². The zero-order chi connectivity index (χ0) is 19.3. The monoisotopic (exact) mass is 385 g/mol. The van der Waals surface area contributed by atoms with Gasteiger partial charge in [0.1, 0.15) is 11.7 Å². The van der Waals surface area contributed by atoms with E-state index in [9.17, 15) is 9.59 Å². The van der Waals surface area contributed by atoms with Gasteiger partial charge in [0.25, 0.3) is 0 Å². The van der Waals surface area contributed by atoms with E-state index in [1.807, 2.05) is 32.0 Å². The molecule has 2 bridgehead atoms. The number of rotatable bonds is 2. The van der Waals surface area contributed by atoms with Crippen molar-refractivity contribution in [3.05, 3.63) is 58.1 Å². The molecular formula is C20H20ClN3O3. The van der Waals surface area contributed by atoms with E-state index in [0.717, 1.165) is 16.8 Å². The van der Waals surface area contributed by atoms with E-state index in [1.54, 1.807) is 25.1 Å². The number of nitrogens with one attached hydrogen (secondary N) is 3.